The summed E-state index contributed by atoms with van der Waals surface area (Å²) >= 11 is 5.90. The van der Waals surface area contributed by atoms with Crippen LogP contribution in [0.1, 0.15) is 20.9 Å². The van der Waals surface area contributed by atoms with Crippen molar-refractivity contribution in [2.75, 3.05) is 16.4 Å². The van der Waals surface area contributed by atoms with Crippen LogP contribution in [-0.4, -0.2) is 33.7 Å². The number of halogens is 2. The molecule has 39 heavy (non-hydrogen) atoms. The standard InChI is InChI=1S/C27H21BrFN5O3S2/c1-16-33-34-27(39-16)32-24(35)15-38-21-10-8-20(9-11-21)30-26(37)23(14-18-13-19(28)7-12-22(18)29)31-25(36)17-5-3-2-4-6-17/h2-14H,15H2,1H3,(H,30,37)(H,31,36)(H,32,34,35)/b23-14-. The minimum Gasteiger partial charge on any atom is -0.321 e. The summed E-state index contributed by atoms with van der Waals surface area (Å²) in [6.45, 7) is 1.80. The lowest BCUT2D eigenvalue weighted by molar-refractivity contribution is -0.114. The zero-order valence-corrected chi connectivity index (χ0v) is 23.6. The maximum absolute atomic E-state index is 14.4. The molecule has 0 fully saturated rings. The summed E-state index contributed by atoms with van der Waals surface area (Å²) in [4.78, 5) is 38.9. The Kier molecular flexibility index (Phi) is 9.58. The van der Waals surface area contributed by atoms with E-state index >= 15 is 0 Å². The van der Waals surface area contributed by atoms with E-state index in [9.17, 15) is 18.8 Å². The number of benzene rings is 3. The Labute approximate surface area is 240 Å². The Hall–Kier alpha value is -3.87. The molecule has 198 valence electrons. The molecule has 3 aromatic carbocycles. The number of nitrogens with one attached hydrogen (secondary N) is 3. The van der Waals surface area contributed by atoms with E-state index in [-0.39, 0.29) is 22.9 Å². The second-order valence-corrected chi connectivity index (χ2v) is 11.1. The molecule has 8 nitrogen and oxygen atoms in total. The van der Waals surface area contributed by atoms with E-state index in [4.69, 9.17) is 0 Å². The van der Waals surface area contributed by atoms with Crippen LogP contribution in [0.2, 0.25) is 0 Å². The first kappa shape index (κ1) is 28.1. The van der Waals surface area contributed by atoms with Gasteiger partial charge in [0.15, 0.2) is 0 Å². The van der Waals surface area contributed by atoms with Gasteiger partial charge in [0, 0.05) is 26.2 Å². The molecule has 0 spiro atoms. The maximum Gasteiger partial charge on any atom is 0.272 e. The predicted molar refractivity (Wildman–Crippen MR) is 155 cm³/mol. The molecular formula is C27H21BrFN5O3S2. The molecule has 0 atom stereocenters. The van der Waals surface area contributed by atoms with E-state index in [1.807, 2.05) is 0 Å². The Balaban J connectivity index is 1.44. The van der Waals surface area contributed by atoms with Gasteiger partial charge in [-0.1, -0.05) is 45.5 Å². The summed E-state index contributed by atoms with van der Waals surface area (Å²) in [6, 6.07) is 19.5. The average Bonchev–Trinajstić information content (AvgIpc) is 3.34. The zero-order valence-electron chi connectivity index (χ0n) is 20.4. The molecule has 0 aliphatic heterocycles. The van der Waals surface area contributed by atoms with E-state index in [0.29, 0.717) is 20.9 Å². The quantitative estimate of drug-likeness (QED) is 0.158. The van der Waals surface area contributed by atoms with E-state index in [1.165, 1.54) is 47.4 Å². The number of aromatic nitrogens is 2. The van der Waals surface area contributed by atoms with Gasteiger partial charge in [-0.25, -0.2) is 4.39 Å². The number of nitrogens with zero attached hydrogens (tertiary/aromatic N) is 2. The van der Waals surface area contributed by atoms with Gasteiger partial charge in [0.2, 0.25) is 11.0 Å². The Morgan fingerprint density at radius 2 is 1.74 bits per heavy atom. The first-order valence-electron chi connectivity index (χ1n) is 11.4. The summed E-state index contributed by atoms with van der Waals surface area (Å²) in [7, 11) is 0. The lowest BCUT2D eigenvalue weighted by atomic mass is 10.1. The third kappa shape index (κ3) is 8.31. The van der Waals surface area contributed by atoms with Crippen molar-refractivity contribution in [1.29, 1.82) is 0 Å². The third-order valence-electron chi connectivity index (χ3n) is 5.04. The minimum atomic E-state index is -0.634. The van der Waals surface area contributed by atoms with Crippen molar-refractivity contribution in [3.05, 3.63) is 105 Å². The van der Waals surface area contributed by atoms with Crippen LogP contribution >= 0.6 is 39.0 Å². The predicted octanol–water partition coefficient (Wildman–Crippen LogP) is 5.89. The van der Waals surface area contributed by atoms with E-state index < -0.39 is 17.6 Å². The van der Waals surface area contributed by atoms with Crippen molar-refractivity contribution in [1.82, 2.24) is 15.5 Å². The molecule has 0 saturated heterocycles. The van der Waals surface area contributed by atoms with Gasteiger partial charge in [-0.15, -0.1) is 22.0 Å². The van der Waals surface area contributed by atoms with Gasteiger partial charge in [-0.05, 0) is 67.6 Å². The lowest BCUT2D eigenvalue weighted by Gasteiger charge is -2.12. The molecule has 3 amide bonds. The fraction of sp³-hybridized carbons (Fsp3) is 0.0741. The van der Waals surface area contributed by atoms with Gasteiger partial charge >= 0.3 is 0 Å². The van der Waals surface area contributed by atoms with Crippen molar-refractivity contribution >= 4 is 73.6 Å². The number of rotatable bonds is 9. The SMILES string of the molecule is Cc1nnc(NC(=O)CSc2ccc(NC(=O)/C(=C/c3cc(Br)ccc3F)NC(=O)c3ccccc3)cc2)s1. The first-order chi connectivity index (χ1) is 18.8. The highest BCUT2D eigenvalue weighted by atomic mass is 79.9. The van der Waals surface area contributed by atoms with Crippen molar-refractivity contribution < 1.29 is 18.8 Å². The normalized spacial score (nSPS) is 11.1. The summed E-state index contributed by atoms with van der Waals surface area (Å²) in [5, 5.41) is 16.9. The van der Waals surface area contributed by atoms with Crippen molar-refractivity contribution in [2.45, 2.75) is 11.8 Å². The number of thioether (sulfide) groups is 1. The van der Waals surface area contributed by atoms with Crippen LogP contribution in [0.4, 0.5) is 15.2 Å². The third-order valence-corrected chi connectivity index (χ3v) is 7.30. The molecule has 0 aliphatic rings. The molecule has 12 heteroatoms. The Morgan fingerprint density at radius 3 is 2.44 bits per heavy atom. The molecule has 0 unspecified atom stereocenters. The van der Waals surface area contributed by atoms with Gasteiger partial charge in [-0.3, -0.25) is 19.7 Å². The smallest absolute Gasteiger partial charge is 0.272 e. The molecular weight excluding hydrogens is 605 g/mol. The largest absolute Gasteiger partial charge is 0.321 e. The molecule has 0 saturated carbocycles. The molecule has 1 heterocycles. The molecule has 1 aromatic heterocycles. The van der Waals surface area contributed by atoms with Crippen LogP contribution in [-0.2, 0) is 9.59 Å². The lowest BCUT2D eigenvalue weighted by Crippen LogP contribution is -2.30. The number of hydrogen-bond acceptors (Lipinski definition) is 7. The number of hydrogen-bond donors (Lipinski definition) is 3. The minimum absolute atomic E-state index is 0.122. The van der Waals surface area contributed by atoms with Gasteiger partial charge in [0.05, 0.1) is 5.75 Å². The molecule has 4 rings (SSSR count). The summed E-state index contributed by atoms with van der Waals surface area (Å²) in [5.74, 6) is -1.74. The average molecular weight is 627 g/mol. The molecule has 0 aliphatic carbocycles. The van der Waals surface area contributed by atoms with Gasteiger partial charge < -0.3 is 10.6 Å². The van der Waals surface area contributed by atoms with Crippen LogP contribution in [0, 0.1) is 12.7 Å². The van der Waals surface area contributed by atoms with Gasteiger partial charge in [0.1, 0.15) is 16.5 Å². The number of carbonyl (C=O) groups is 3. The fourth-order valence-corrected chi connectivity index (χ4v) is 4.89. The van der Waals surface area contributed by atoms with E-state index in [0.717, 1.165) is 9.90 Å². The number of anilines is 2. The Bertz CT molecular complexity index is 1530. The molecule has 4 aromatic rings. The maximum atomic E-state index is 14.4. The number of aryl methyl sites for hydroxylation is 1. The Morgan fingerprint density at radius 1 is 1.00 bits per heavy atom. The van der Waals surface area contributed by atoms with Gasteiger partial charge in [0.25, 0.3) is 11.8 Å². The van der Waals surface area contributed by atoms with Crippen molar-refractivity contribution in [3.63, 3.8) is 0 Å². The highest BCUT2D eigenvalue weighted by Crippen LogP contribution is 2.22. The second kappa shape index (κ2) is 13.3. The highest BCUT2D eigenvalue weighted by Gasteiger charge is 2.16. The van der Waals surface area contributed by atoms with Crippen LogP contribution in [0.5, 0.6) is 0 Å². The fourth-order valence-electron chi connectivity index (χ4n) is 3.21. The second-order valence-electron chi connectivity index (χ2n) is 7.99. The molecule has 3 N–H and O–H groups in total. The zero-order chi connectivity index (χ0) is 27.8. The monoisotopic (exact) mass is 625 g/mol. The molecule has 0 radical (unpaired) electrons. The highest BCUT2D eigenvalue weighted by molar-refractivity contribution is 9.10. The van der Waals surface area contributed by atoms with Crippen molar-refractivity contribution in [2.24, 2.45) is 0 Å². The summed E-state index contributed by atoms with van der Waals surface area (Å²) in [5.41, 5.74) is 0.782. The molecule has 0 bridgehead atoms. The van der Waals surface area contributed by atoms with E-state index in [1.54, 1.807) is 61.5 Å². The van der Waals surface area contributed by atoms with Crippen LogP contribution in [0.25, 0.3) is 6.08 Å². The number of carbonyl (C=O) groups excluding carboxylic acids is 3. The van der Waals surface area contributed by atoms with Gasteiger partial charge in [-0.2, -0.15) is 0 Å². The van der Waals surface area contributed by atoms with Crippen LogP contribution in [0.3, 0.4) is 0 Å². The number of amides is 3. The van der Waals surface area contributed by atoms with E-state index in [2.05, 4.69) is 42.1 Å². The first-order valence-corrected chi connectivity index (χ1v) is 14.0. The topological polar surface area (TPSA) is 113 Å². The van der Waals surface area contributed by atoms with Crippen LogP contribution < -0.4 is 16.0 Å². The van der Waals surface area contributed by atoms with Crippen molar-refractivity contribution in [3.8, 4) is 0 Å². The summed E-state index contributed by atoms with van der Waals surface area (Å²) < 4.78 is 15.0. The van der Waals surface area contributed by atoms with Crippen LogP contribution in [0.15, 0.2) is 87.9 Å². The summed E-state index contributed by atoms with van der Waals surface area (Å²) in [6.07, 6.45) is 1.28.